The van der Waals surface area contributed by atoms with Crippen molar-refractivity contribution >= 4 is 58.1 Å². The van der Waals surface area contributed by atoms with Crippen LogP contribution in [0.2, 0.25) is 10.0 Å². The van der Waals surface area contributed by atoms with Crippen LogP contribution in [-0.2, 0) is 6.61 Å². The number of hydrogen-bond donors (Lipinski definition) is 1. The number of nitrogens with one attached hydrogen (secondary N) is 1. The van der Waals surface area contributed by atoms with Gasteiger partial charge in [0.15, 0.2) is 0 Å². The van der Waals surface area contributed by atoms with E-state index < -0.39 is 5.91 Å². The molecule has 0 unspecified atom stereocenters. The lowest BCUT2D eigenvalue weighted by molar-refractivity contribution is 0.102. The highest BCUT2D eigenvalue weighted by atomic mass is 35.5. The number of pyridine rings is 2. The van der Waals surface area contributed by atoms with Crippen LogP contribution in [0, 0.1) is 0 Å². The molecule has 2 aromatic carbocycles. The van der Waals surface area contributed by atoms with Gasteiger partial charge in [-0.3, -0.25) is 14.8 Å². The van der Waals surface area contributed by atoms with E-state index in [-0.39, 0.29) is 28.0 Å². The van der Waals surface area contributed by atoms with Gasteiger partial charge in [-0.25, -0.2) is 0 Å². The van der Waals surface area contributed by atoms with Crippen LogP contribution in [0.4, 0.5) is 5.69 Å². The van der Waals surface area contributed by atoms with Gasteiger partial charge in [0.05, 0.1) is 26.8 Å². The first-order chi connectivity index (χ1) is 14.1. The molecule has 4 rings (SSSR count). The summed E-state index contributed by atoms with van der Waals surface area (Å²) in [6.45, 7) is 0.374. The minimum atomic E-state index is -0.406. The van der Waals surface area contributed by atoms with Gasteiger partial charge in [0.1, 0.15) is 12.4 Å². The maximum absolute atomic E-state index is 12.7. The zero-order valence-electron chi connectivity index (χ0n) is 15.5. The van der Waals surface area contributed by atoms with E-state index >= 15 is 0 Å². The van der Waals surface area contributed by atoms with Crippen molar-refractivity contribution < 1.29 is 9.53 Å². The van der Waals surface area contributed by atoms with Gasteiger partial charge >= 0.3 is 0 Å². The van der Waals surface area contributed by atoms with E-state index in [0.29, 0.717) is 23.6 Å². The maximum Gasteiger partial charge on any atom is 0.258 e. The number of aromatic nitrogens is 2. The van der Waals surface area contributed by atoms with Crippen molar-refractivity contribution in [3.05, 3.63) is 94.4 Å². The molecule has 0 aliphatic heterocycles. The number of ether oxygens (including phenoxy) is 1. The van der Waals surface area contributed by atoms with Gasteiger partial charge in [-0.15, -0.1) is 12.4 Å². The lowest BCUT2D eigenvalue weighted by atomic mass is 10.1. The number of para-hydroxylation sites is 1. The van der Waals surface area contributed by atoms with Crippen LogP contribution in [0.25, 0.3) is 10.9 Å². The zero-order valence-corrected chi connectivity index (χ0v) is 17.8. The summed E-state index contributed by atoms with van der Waals surface area (Å²) in [7, 11) is 0. The van der Waals surface area contributed by atoms with Gasteiger partial charge in [-0.2, -0.15) is 0 Å². The van der Waals surface area contributed by atoms with Crippen LogP contribution in [0.1, 0.15) is 15.9 Å². The Kier molecular flexibility index (Phi) is 7.11. The minimum absolute atomic E-state index is 0. The third kappa shape index (κ3) is 4.65. The molecule has 0 saturated carbocycles. The number of halogens is 3. The second kappa shape index (κ2) is 9.76. The third-order valence-electron chi connectivity index (χ3n) is 4.29. The first-order valence-corrected chi connectivity index (χ1v) is 9.54. The molecule has 2 heterocycles. The Morgan fingerprint density at radius 3 is 2.47 bits per heavy atom. The fourth-order valence-electron chi connectivity index (χ4n) is 2.92. The number of rotatable bonds is 5. The van der Waals surface area contributed by atoms with E-state index in [1.54, 1.807) is 48.9 Å². The molecule has 0 radical (unpaired) electrons. The van der Waals surface area contributed by atoms with Crippen molar-refractivity contribution in [2.75, 3.05) is 5.32 Å². The number of carbonyl (C=O) groups is 1. The molecule has 5 nitrogen and oxygen atoms in total. The predicted molar refractivity (Wildman–Crippen MR) is 122 cm³/mol. The Labute approximate surface area is 189 Å². The number of carbonyl (C=O) groups excluding carboxylic acids is 1. The molecule has 0 atom stereocenters. The van der Waals surface area contributed by atoms with E-state index in [4.69, 9.17) is 27.9 Å². The second-order valence-electron chi connectivity index (χ2n) is 6.21. The molecule has 1 N–H and O–H groups in total. The van der Waals surface area contributed by atoms with Gasteiger partial charge in [0.25, 0.3) is 5.91 Å². The van der Waals surface area contributed by atoms with E-state index in [1.807, 2.05) is 24.3 Å². The Morgan fingerprint density at radius 1 is 0.967 bits per heavy atom. The highest BCUT2D eigenvalue weighted by molar-refractivity contribution is 6.40. The highest BCUT2D eigenvalue weighted by Crippen LogP contribution is 2.31. The number of fused-ring (bicyclic) bond motifs is 1. The lowest BCUT2D eigenvalue weighted by Gasteiger charge is -2.13. The summed E-state index contributed by atoms with van der Waals surface area (Å²) in [6, 6.07) is 16.0. The Balaban J connectivity index is 0.00000256. The van der Waals surface area contributed by atoms with Gasteiger partial charge in [0.2, 0.25) is 0 Å². The normalized spacial score (nSPS) is 10.3. The molecule has 30 heavy (non-hydrogen) atoms. The maximum atomic E-state index is 12.7. The monoisotopic (exact) mass is 459 g/mol. The quantitative estimate of drug-likeness (QED) is 0.386. The summed E-state index contributed by atoms with van der Waals surface area (Å²) in [5.74, 6) is 0.252. The minimum Gasteiger partial charge on any atom is -0.488 e. The SMILES string of the molecule is Cl.O=C(Nc1cccc2c(OCc3cccnc3)ccnc12)c1c(Cl)cccc1Cl. The number of anilines is 1. The van der Waals surface area contributed by atoms with E-state index in [9.17, 15) is 4.79 Å². The number of amides is 1. The van der Waals surface area contributed by atoms with Crippen LogP contribution in [0.5, 0.6) is 5.75 Å². The summed E-state index contributed by atoms with van der Waals surface area (Å²) in [5.41, 5.74) is 2.31. The van der Waals surface area contributed by atoms with Crippen molar-refractivity contribution in [3.8, 4) is 5.75 Å². The fourth-order valence-corrected chi connectivity index (χ4v) is 3.49. The van der Waals surface area contributed by atoms with Crippen LogP contribution in [0.15, 0.2) is 73.2 Å². The zero-order chi connectivity index (χ0) is 20.2. The predicted octanol–water partition coefficient (Wildman–Crippen LogP) is 6.19. The highest BCUT2D eigenvalue weighted by Gasteiger charge is 2.16. The van der Waals surface area contributed by atoms with Crippen LogP contribution < -0.4 is 10.1 Å². The number of nitrogens with zero attached hydrogens (tertiary/aromatic N) is 2. The van der Waals surface area contributed by atoms with Crippen LogP contribution in [0.3, 0.4) is 0 Å². The van der Waals surface area contributed by atoms with Gasteiger partial charge < -0.3 is 10.1 Å². The molecule has 8 heteroatoms. The van der Waals surface area contributed by atoms with E-state index in [0.717, 1.165) is 10.9 Å². The molecule has 0 bridgehead atoms. The lowest BCUT2D eigenvalue weighted by Crippen LogP contribution is -2.13. The summed E-state index contributed by atoms with van der Waals surface area (Å²) < 4.78 is 5.95. The second-order valence-corrected chi connectivity index (χ2v) is 7.03. The van der Waals surface area contributed by atoms with Crippen molar-refractivity contribution in [1.29, 1.82) is 0 Å². The standard InChI is InChI=1S/C22H15Cl2N3O2.ClH/c23-16-6-2-7-17(24)20(16)22(28)27-18-8-1-5-15-19(9-11-26-21(15)18)29-13-14-4-3-10-25-12-14;/h1-12H,13H2,(H,27,28);1H. The molecule has 1 amide bonds. The molecular weight excluding hydrogens is 445 g/mol. The Bertz CT molecular complexity index is 1170. The molecular formula is C22H16Cl3N3O2. The molecule has 0 fully saturated rings. The van der Waals surface area contributed by atoms with Crippen molar-refractivity contribution in [3.63, 3.8) is 0 Å². The van der Waals surface area contributed by atoms with Crippen LogP contribution in [-0.4, -0.2) is 15.9 Å². The molecule has 2 aromatic heterocycles. The Morgan fingerprint density at radius 2 is 1.73 bits per heavy atom. The number of benzene rings is 2. The smallest absolute Gasteiger partial charge is 0.258 e. The first kappa shape index (κ1) is 21.8. The molecule has 0 saturated heterocycles. The summed E-state index contributed by atoms with van der Waals surface area (Å²) >= 11 is 12.3. The fraction of sp³-hybridized carbons (Fsp3) is 0.0455. The number of hydrogen-bond acceptors (Lipinski definition) is 4. The summed E-state index contributed by atoms with van der Waals surface area (Å²) in [5, 5.41) is 4.19. The average molecular weight is 461 g/mol. The third-order valence-corrected chi connectivity index (χ3v) is 4.92. The topological polar surface area (TPSA) is 64.1 Å². The van der Waals surface area contributed by atoms with Crippen LogP contribution >= 0.6 is 35.6 Å². The average Bonchev–Trinajstić information content (AvgIpc) is 2.73. The first-order valence-electron chi connectivity index (χ1n) is 8.78. The molecule has 0 aliphatic rings. The summed E-state index contributed by atoms with van der Waals surface area (Å²) in [4.78, 5) is 21.3. The van der Waals surface area contributed by atoms with Crippen molar-refractivity contribution in [1.82, 2.24) is 9.97 Å². The largest absolute Gasteiger partial charge is 0.488 e. The Hall–Kier alpha value is -2.86. The van der Waals surface area contributed by atoms with Gasteiger partial charge in [-0.05, 0) is 36.4 Å². The molecule has 0 aliphatic carbocycles. The summed E-state index contributed by atoms with van der Waals surface area (Å²) in [6.07, 6.45) is 5.10. The van der Waals surface area contributed by atoms with Gasteiger partial charge in [0, 0.05) is 29.5 Å². The molecule has 4 aromatic rings. The molecule has 0 spiro atoms. The molecule has 152 valence electrons. The van der Waals surface area contributed by atoms with Crippen molar-refractivity contribution in [2.45, 2.75) is 6.61 Å². The van der Waals surface area contributed by atoms with Gasteiger partial charge in [-0.1, -0.05) is 41.4 Å². The van der Waals surface area contributed by atoms with E-state index in [2.05, 4.69) is 15.3 Å². The van der Waals surface area contributed by atoms with Crippen molar-refractivity contribution in [2.24, 2.45) is 0 Å². The van der Waals surface area contributed by atoms with E-state index in [1.165, 1.54) is 0 Å².